The van der Waals surface area contributed by atoms with Crippen LogP contribution in [0.4, 0.5) is 13.2 Å². The van der Waals surface area contributed by atoms with Gasteiger partial charge in [-0.05, 0) is 6.07 Å². The number of alkyl halides is 3. The van der Waals surface area contributed by atoms with E-state index in [9.17, 15) is 18.0 Å². The van der Waals surface area contributed by atoms with Crippen LogP contribution in [0.1, 0.15) is 21.9 Å². The standard InChI is InChI=1S/C13H10F3N5O2/c14-13(15,16)9-4-17-10(20-9)5-18-12(22)8-3-19-21-11(8)7-1-2-23-6-7/h1-4,6H,5H2,(H,17,20)(H,18,22)(H,19,21). The number of nitrogens with zero attached hydrogens (tertiary/aromatic N) is 2. The number of H-pyrrole nitrogens is 2. The fourth-order valence-corrected chi connectivity index (χ4v) is 1.94. The Hall–Kier alpha value is -3.04. The number of furan rings is 1. The third-order valence-electron chi connectivity index (χ3n) is 3.04. The van der Waals surface area contributed by atoms with Crippen molar-refractivity contribution < 1.29 is 22.4 Å². The minimum absolute atomic E-state index is 0.000897. The molecule has 0 aliphatic heterocycles. The molecule has 3 aromatic rings. The summed E-state index contributed by atoms with van der Waals surface area (Å²) in [5.74, 6) is -0.501. The Morgan fingerprint density at radius 3 is 2.83 bits per heavy atom. The molecule has 120 valence electrons. The summed E-state index contributed by atoms with van der Waals surface area (Å²) in [4.78, 5) is 17.8. The number of amides is 1. The molecular weight excluding hydrogens is 315 g/mol. The second-order valence-corrected chi connectivity index (χ2v) is 4.59. The van der Waals surface area contributed by atoms with Crippen molar-refractivity contribution in [3.05, 3.63) is 48.1 Å². The number of aromatic nitrogens is 4. The maximum absolute atomic E-state index is 12.5. The average Bonchev–Trinajstić information content (AvgIpc) is 3.22. The first-order chi connectivity index (χ1) is 10.9. The molecule has 0 bridgehead atoms. The molecule has 0 aliphatic rings. The van der Waals surface area contributed by atoms with Crippen LogP contribution < -0.4 is 5.32 Å². The lowest BCUT2D eigenvalue weighted by molar-refractivity contribution is -0.140. The second kappa shape index (κ2) is 5.63. The topological polar surface area (TPSA) is 99.6 Å². The average molecular weight is 325 g/mol. The molecule has 0 spiro atoms. The minimum Gasteiger partial charge on any atom is -0.472 e. The Morgan fingerprint density at radius 2 is 2.17 bits per heavy atom. The maximum Gasteiger partial charge on any atom is 0.432 e. The molecule has 3 rings (SSSR count). The Kier molecular flexibility index (Phi) is 3.64. The highest BCUT2D eigenvalue weighted by Crippen LogP contribution is 2.27. The predicted molar refractivity (Wildman–Crippen MR) is 71.0 cm³/mol. The third-order valence-corrected chi connectivity index (χ3v) is 3.04. The number of hydrogen-bond acceptors (Lipinski definition) is 4. The Balaban J connectivity index is 1.69. The van der Waals surface area contributed by atoms with Gasteiger partial charge >= 0.3 is 6.18 Å². The lowest BCUT2D eigenvalue weighted by atomic mass is 10.1. The normalized spacial score (nSPS) is 11.6. The zero-order valence-corrected chi connectivity index (χ0v) is 11.4. The monoisotopic (exact) mass is 325 g/mol. The first-order valence-corrected chi connectivity index (χ1v) is 6.40. The number of carbonyl (C=O) groups excluding carboxylic acids is 1. The lowest BCUT2D eigenvalue weighted by Crippen LogP contribution is -2.23. The highest BCUT2D eigenvalue weighted by atomic mass is 19.4. The molecule has 1 amide bonds. The van der Waals surface area contributed by atoms with E-state index in [0.29, 0.717) is 17.5 Å². The molecule has 0 saturated carbocycles. The van der Waals surface area contributed by atoms with Gasteiger partial charge in [-0.2, -0.15) is 18.3 Å². The fourth-order valence-electron chi connectivity index (χ4n) is 1.94. The summed E-state index contributed by atoms with van der Waals surface area (Å²) >= 11 is 0. The first-order valence-electron chi connectivity index (χ1n) is 6.40. The third kappa shape index (κ3) is 3.10. The van der Waals surface area contributed by atoms with E-state index in [4.69, 9.17) is 4.42 Å². The molecule has 0 unspecified atom stereocenters. The van der Waals surface area contributed by atoms with Crippen molar-refractivity contribution in [2.24, 2.45) is 0 Å². The number of aromatic amines is 2. The SMILES string of the molecule is O=C(NCc1ncc(C(F)(F)F)[nH]1)c1cn[nH]c1-c1ccoc1. The summed E-state index contributed by atoms with van der Waals surface area (Å²) in [5, 5.41) is 8.94. The summed E-state index contributed by atoms with van der Waals surface area (Å²) in [6, 6.07) is 1.65. The zero-order valence-electron chi connectivity index (χ0n) is 11.4. The smallest absolute Gasteiger partial charge is 0.432 e. The first kappa shape index (κ1) is 14.9. The number of rotatable bonds is 4. The number of carbonyl (C=O) groups is 1. The Labute approximate surface area is 126 Å². The van der Waals surface area contributed by atoms with E-state index in [2.05, 4.69) is 25.5 Å². The van der Waals surface area contributed by atoms with E-state index in [1.54, 1.807) is 6.07 Å². The molecule has 0 radical (unpaired) electrons. The molecule has 23 heavy (non-hydrogen) atoms. The number of imidazole rings is 1. The quantitative estimate of drug-likeness (QED) is 0.685. The Morgan fingerprint density at radius 1 is 1.35 bits per heavy atom. The highest BCUT2D eigenvalue weighted by molar-refractivity contribution is 5.99. The van der Waals surface area contributed by atoms with Crippen LogP contribution in [0.5, 0.6) is 0 Å². The van der Waals surface area contributed by atoms with Crippen molar-refractivity contribution in [3.63, 3.8) is 0 Å². The van der Waals surface area contributed by atoms with Gasteiger partial charge in [0.25, 0.3) is 5.91 Å². The van der Waals surface area contributed by atoms with Crippen LogP contribution >= 0.6 is 0 Å². The molecule has 3 heterocycles. The number of nitrogens with one attached hydrogen (secondary N) is 3. The minimum atomic E-state index is -4.51. The summed E-state index contributed by atoms with van der Waals surface area (Å²) in [6.45, 7) is -0.176. The lowest BCUT2D eigenvalue weighted by Gasteiger charge is -2.04. The van der Waals surface area contributed by atoms with Gasteiger partial charge in [0.1, 0.15) is 11.5 Å². The molecule has 0 fully saturated rings. The van der Waals surface area contributed by atoms with Gasteiger partial charge in [0, 0.05) is 5.56 Å². The second-order valence-electron chi connectivity index (χ2n) is 4.59. The summed E-state index contributed by atoms with van der Waals surface area (Å²) in [6.07, 6.45) is 0.372. The molecule has 7 nitrogen and oxygen atoms in total. The van der Waals surface area contributed by atoms with Gasteiger partial charge in [0.2, 0.25) is 0 Å². The highest BCUT2D eigenvalue weighted by Gasteiger charge is 2.32. The molecule has 0 aromatic carbocycles. The van der Waals surface area contributed by atoms with Gasteiger partial charge in [-0.3, -0.25) is 9.89 Å². The molecular formula is C13H10F3N5O2. The van der Waals surface area contributed by atoms with Crippen LogP contribution in [0, 0.1) is 0 Å². The van der Waals surface area contributed by atoms with Gasteiger partial charge < -0.3 is 14.7 Å². The van der Waals surface area contributed by atoms with Crippen LogP contribution in [0.15, 0.2) is 35.4 Å². The molecule has 0 aliphatic carbocycles. The van der Waals surface area contributed by atoms with Crippen LogP contribution in [-0.2, 0) is 12.7 Å². The Bertz CT molecular complexity index is 804. The number of halogens is 3. The van der Waals surface area contributed by atoms with Crippen molar-refractivity contribution >= 4 is 5.91 Å². The van der Waals surface area contributed by atoms with E-state index in [0.717, 1.165) is 0 Å². The van der Waals surface area contributed by atoms with E-state index in [1.165, 1.54) is 18.7 Å². The van der Waals surface area contributed by atoms with Gasteiger partial charge in [-0.25, -0.2) is 4.98 Å². The van der Waals surface area contributed by atoms with E-state index < -0.39 is 17.8 Å². The van der Waals surface area contributed by atoms with Gasteiger partial charge in [-0.15, -0.1) is 0 Å². The number of hydrogen-bond donors (Lipinski definition) is 3. The molecule has 3 aromatic heterocycles. The van der Waals surface area contributed by atoms with E-state index in [-0.39, 0.29) is 17.9 Å². The largest absolute Gasteiger partial charge is 0.472 e. The van der Waals surface area contributed by atoms with Crippen LogP contribution in [0.25, 0.3) is 11.3 Å². The van der Waals surface area contributed by atoms with Gasteiger partial charge in [-0.1, -0.05) is 0 Å². The predicted octanol–water partition coefficient (Wildman–Crippen LogP) is 2.34. The van der Waals surface area contributed by atoms with Crippen molar-refractivity contribution in [2.75, 3.05) is 0 Å². The van der Waals surface area contributed by atoms with E-state index in [1.807, 2.05) is 0 Å². The van der Waals surface area contributed by atoms with Crippen molar-refractivity contribution in [1.29, 1.82) is 0 Å². The van der Waals surface area contributed by atoms with Crippen LogP contribution in [-0.4, -0.2) is 26.1 Å². The van der Waals surface area contributed by atoms with Gasteiger partial charge in [0.05, 0.1) is 42.7 Å². The molecule has 0 saturated heterocycles. The van der Waals surface area contributed by atoms with Crippen molar-refractivity contribution in [2.45, 2.75) is 12.7 Å². The summed E-state index contributed by atoms with van der Waals surface area (Å²) in [7, 11) is 0. The van der Waals surface area contributed by atoms with Crippen molar-refractivity contribution in [1.82, 2.24) is 25.5 Å². The fraction of sp³-hybridized carbons (Fsp3) is 0.154. The van der Waals surface area contributed by atoms with Gasteiger partial charge in [0.15, 0.2) is 0 Å². The maximum atomic E-state index is 12.5. The van der Waals surface area contributed by atoms with E-state index >= 15 is 0 Å². The van der Waals surface area contributed by atoms with Crippen LogP contribution in [0.2, 0.25) is 0 Å². The molecule has 0 atom stereocenters. The van der Waals surface area contributed by atoms with Crippen LogP contribution in [0.3, 0.4) is 0 Å². The molecule has 10 heteroatoms. The summed E-state index contributed by atoms with van der Waals surface area (Å²) in [5.41, 5.74) is 0.356. The van der Waals surface area contributed by atoms with Crippen molar-refractivity contribution in [3.8, 4) is 11.3 Å². The molecule has 3 N–H and O–H groups in total. The zero-order chi connectivity index (χ0) is 16.4. The summed E-state index contributed by atoms with van der Waals surface area (Å²) < 4.78 is 42.3.